The minimum Gasteiger partial charge on any atom is -0.507 e. The van der Waals surface area contributed by atoms with Crippen molar-refractivity contribution in [3.8, 4) is 0 Å². The second kappa shape index (κ2) is 6.32. The molecule has 0 spiro atoms. The minimum absolute atomic E-state index is 0.0868. The van der Waals surface area contributed by atoms with Crippen LogP contribution in [-0.2, 0) is 9.53 Å². The summed E-state index contributed by atoms with van der Waals surface area (Å²) in [5.74, 6) is -0.636. The van der Waals surface area contributed by atoms with Gasteiger partial charge < -0.3 is 9.84 Å². The van der Waals surface area contributed by atoms with Crippen molar-refractivity contribution in [3.63, 3.8) is 0 Å². The Kier molecular flexibility index (Phi) is 4.21. The number of carbonyl (C=O) groups excluding carboxylic acids is 1. The molecule has 2 aromatic rings. The molecule has 0 unspecified atom stereocenters. The van der Waals surface area contributed by atoms with Gasteiger partial charge in [-0.3, -0.25) is 4.99 Å². The zero-order valence-corrected chi connectivity index (χ0v) is 13.9. The van der Waals surface area contributed by atoms with Crippen LogP contribution >= 0.6 is 0 Å². The Hall–Kier alpha value is -2.88. The van der Waals surface area contributed by atoms with E-state index in [9.17, 15) is 9.90 Å². The van der Waals surface area contributed by atoms with E-state index in [0.717, 1.165) is 16.8 Å². The van der Waals surface area contributed by atoms with Crippen LogP contribution in [-0.4, -0.2) is 16.8 Å². The summed E-state index contributed by atoms with van der Waals surface area (Å²) < 4.78 is 5.33. The first-order valence-electron chi connectivity index (χ1n) is 7.79. The highest BCUT2D eigenvalue weighted by molar-refractivity contribution is 6.21. The van der Waals surface area contributed by atoms with Gasteiger partial charge in [0.1, 0.15) is 5.57 Å². The molecule has 1 N–H and O–H groups in total. The molecule has 3 rings (SSSR count). The summed E-state index contributed by atoms with van der Waals surface area (Å²) in [6.45, 7) is 5.74. The van der Waals surface area contributed by atoms with E-state index in [-0.39, 0.29) is 11.3 Å². The fraction of sp³-hybridized carbons (Fsp3) is 0.200. The maximum Gasteiger partial charge on any atom is 0.344 e. The SMILES string of the molecule is CC(=Nc1ccc(C)c(C)c1)C1=C(O)[C@H](c2ccccc2)OC1=O. The van der Waals surface area contributed by atoms with Crippen LogP contribution in [0.25, 0.3) is 0 Å². The normalized spacial score (nSPS) is 18.0. The molecule has 122 valence electrons. The van der Waals surface area contributed by atoms with Crippen molar-refractivity contribution in [1.29, 1.82) is 0 Å². The van der Waals surface area contributed by atoms with Crippen LogP contribution in [0.2, 0.25) is 0 Å². The topological polar surface area (TPSA) is 58.9 Å². The average Bonchev–Trinajstić information content (AvgIpc) is 2.86. The standard InChI is InChI=1S/C20H19NO3/c1-12-9-10-16(11-13(12)2)21-14(3)17-18(22)19(24-20(17)23)15-7-5-4-6-8-15/h4-11,19,22H,1-3H3/t19-/m0/s1. The lowest BCUT2D eigenvalue weighted by molar-refractivity contribution is -0.140. The van der Waals surface area contributed by atoms with Crippen LogP contribution in [0.4, 0.5) is 5.69 Å². The first-order chi connectivity index (χ1) is 11.5. The zero-order chi connectivity index (χ0) is 17.3. The number of carbonyl (C=O) groups is 1. The Labute approximate surface area is 141 Å². The van der Waals surface area contributed by atoms with Crippen LogP contribution < -0.4 is 0 Å². The molecule has 0 aliphatic carbocycles. The molecule has 0 bridgehead atoms. The Bertz CT molecular complexity index is 850. The molecule has 1 atom stereocenters. The number of aliphatic hydroxyl groups is 1. The number of hydrogen-bond acceptors (Lipinski definition) is 4. The smallest absolute Gasteiger partial charge is 0.344 e. The van der Waals surface area contributed by atoms with Gasteiger partial charge in [0, 0.05) is 5.56 Å². The van der Waals surface area contributed by atoms with Gasteiger partial charge in [0.2, 0.25) is 0 Å². The summed E-state index contributed by atoms with van der Waals surface area (Å²) in [5.41, 5.74) is 4.36. The third-order valence-electron chi connectivity index (χ3n) is 4.18. The van der Waals surface area contributed by atoms with Crippen LogP contribution in [0.5, 0.6) is 0 Å². The molecule has 0 saturated heterocycles. The maximum atomic E-state index is 12.2. The molecular formula is C20H19NO3. The molecular weight excluding hydrogens is 302 g/mol. The number of hydrogen-bond donors (Lipinski definition) is 1. The summed E-state index contributed by atoms with van der Waals surface area (Å²) in [6.07, 6.45) is -0.765. The summed E-state index contributed by atoms with van der Waals surface area (Å²) >= 11 is 0. The van der Waals surface area contributed by atoms with Crippen molar-refractivity contribution in [2.24, 2.45) is 4.99 Å². The monoisotopic (exact) mass is 321 g/mol. The van der Waals surface area contributed by atoms with Crippen molar-refractivity contribution in [2.75, 3.05) is 0 Å². The van der Waals surface area contributed by atoms with Gasteiger partial charge in [-0.1, -0.05) is 36.4 Å². The van der Waals surface area contributed by atoms with Gasteiger partial charge in [-0.2, -0.15) is 0 Å². The second-order valence-electron chi connectivity index (χ2n) is 5.92. The van der Waals surface area contributed by atoms with Crippen molar-refractivity contribution in [2.45, 2.75) is 26.9 Å². The highest BCUT2D eigenvalue weighted by Gasteiger charge is 2.36. The van der Waals surface area contributed by atoms with Gasteiger partial charge in [0.15, 0.2) is 11.9 Å². The molecule has 4 heteroatoms. The molecule has 24 heavy (non-hydrogen) atoms. The predicted octanol–water partition coefficient (Wildman–Crippen LogP) is 4.51. The number of aliphatic imine (C=N–C) groups is 1. The largest absolute Gasteiger partial charge is 0.507 e. The summed E-state index contributed by atoms with van der Waals surface area (Å²) in [4.78, 5) is 16.7. The molecule has 0 amide bonds. The Morgan fingerprint density at radius 3 is 2.46 bits per heavy atom. The fourth-order valence-corrected chi connectivity index (χ4v) is 2.69. The lowest BCUT2D eigenvalue weighted by atomic mass is 10.0. The van der Waals surface area contributed by atoms with E-state index in [4.69, 9.17) is 4.74 Å². The third-order valence-corrected chi connectivity index (χ3v) is 4.18. The summed E-state index contributed by atoms with van der Waals surface area (Å²) in [7, 11) is 0. The highest BCUT2D eigenvalue weighted by atomic mass is 16.6. The third kappa shape index (κ3) is 2.95. The number of rotatable bonds is 3. The molecule has 0 aromatic heterocycles. The molecule has 0 fully saturated rings. The number of aryl methyl sites for hydroxylation is 2. The van der Waals surface area contributed by atoms with E-state index in [1.807, 2.05) is 62.4 Å². The first-order valence-corrected chi connectivity index (χ1v) is 7.79. The highest BCUT2D eigenvalue weighted by Crippen LogP contribution is 2.34. The number of cyclic esters (lactones) is 1. The van der Waals surface area contributed by atoms with Gasteiger partial charge in [0.05, 0.1) is 11.4 Å². The summed E-state index contributed by atoms with van der Waals surface area (Å²) in [5, 5.41) is 10.5. The molecule has 1 heterocycles. The number of aliphatic hydroxyl groups excluding tert-OH is 1. The van der Waals surface area contributed by atoms with Crippen LogP contribution in [0.3, 0.4) is 0 Å². The van der Waals surface area contributed by atoms with Gasteiger partial charge in [-0.05, 0) is 44.0 Å². The molecule has 0 saturated carbocycles. The molecule has 0 radical (unpaired) electrons. The van der Waals surface area contributed by atoms with Gasteiger partial charge in [-0.25, -0.2) is 4.79 Å². The van der Waals surface area contributed by atoms with Gasteiger partial charge in [-0.15, -0.1) is 0 Å². The van der Waals surface area contributed by atoms with Crippen molar-refractivity contribution < 1.29 is 14.6 Å². The Morgan fingerprint density at radius 2 is 1.79 bits per heavy atom. The molecule has 1 aliphatic rings. The molecule has 2 aromatic carbocycles. The molecule has 1 aliphatic heterocycles. The lowest BCUT2D eigenvalue weighted by Crippen LogP contribution is -2.07. The summed E-state index contributed by atoms with van der Waals surface area (Å²) in [6, 6.07) is 15.0. The quantitative estimate of drug-likeness (QED) is 0.668. The Balaban J connectivity index is 1.97. The number of esters is 1. The van der Waals surface area contributed by atoms with E-state index in [1.165, 1.54) is 5.56 Å². The van der Waals surface area contributed by atoms with Crippen LogP contribution in [0.15, 0.2) is 64.9 Å². The van der Waals surface area contributed by atoms with Gasteiger partial charge >= 0.3 is 5.97 Å². The van der Waals surface area contributed by atoms with E-state index < -0.39 is 12.1 Å². The van der Waals surface area contributed by atoms with E-state index in [2.05, 4.69) is 4.99 Å². The van der Waals surface area contributed by atoms with E-state index in [1.54, 1.807) is 6.92 Å². The second-order valence-corrected chi connectivity index (χ2v) is 5.92. The van der Waals surface area contributed by atoms with E-state index in [0.29, 0.717) is 5.71 Å². The van der Waals surface area contributed by atoms with Gasteiger partial charge in [0.25, 0.3) is 0 Å². The van der Waals surface area contributed by atoms with Crippen molar-refractivity contribution >= 4 is 17.4 Å². The van der Waals surface area contributed by atoms with Crippen molar-refractivity contribution in [1.82, 2.24) is 0 Å². The zero-order valence-electron chi connectivity index (χ0n) is 13.9. The van der Waals surface area contributed by atoms with Crippen LogP contribution in [0.1, 0.15) is 29.7 Å². The van der Waals surface area contributed by atoms with Crippen molar-refractivity contribution in [3.05, 3.63) is 76.6 Å². The van der Waals surface area contributed by atoms with E-state index >= 15 is 0 Å². The maximum absolute atomic E-state index is 12.2. The number of benzene rings is 2. The predicted molar refractivity (Wildman–Crippen MR) is 93.6 cm³/mol. The first kappa shape index (κ1) is 16.0. The average molecular weight is 321 g/mol. The lowest BCUT2D eigenvalue weighted by Gasteiger charge is -2.09. The molecule has 4 nitrogen and oxygen atoms in total. The van der Waals surface area contributed by atoms with Crippen LogP contribution in [0, 0.1) is 13.8 Å². The minimum atomic E-state index is -0.765. The number of ether oxygens (including phenoxy) is 1. The number of nitrogens with zero attached hydrogens (tertiary/aromatic N) is 1. The Morgan fingerprint density at radius 1 is 1.08 bits per heavy atom. The fourth-order valence-electron chi connectivity index (χ4n) is 2.69.